The first-order chi connectivity index (χ1) is 21.7. The molecular formula is C37H32N2O6. The third-order valence-corrected chi connectivity index (χ3v) is 9.80. The SMILES string of the molecule is CCOC(=O)[C@H]1[C@@]2(C(=O)N(C(C)=O)c3ccccc32)[C@@](O)(c2ccccc2)C[C@]12C(=O)N(Cc1ccccc1)c1ccccc12. The molecule has 1 fully saturated rings. The van der Waals surface area contributed by atoms with Gasteiger partial charge in [0.1, 0.15) is 11.0 Å². The smallest absolute Gasteiger partial charge is 0.311 e. The first-order valence-corrected chi connectivity index (χ1v) is 15.1. The number of hydrogen-bond acceptors (Lipinski definition) is 6. The number of para-hydroxylation sites is 2. The van der Waals surface area contributed by atoms with E-state index in [0.29, 0.717) is 22.4 Å². The quantitative estimate of drug-likeness (QED) is 0.331. The highest BCUT2D eigenvalue weighted by molar-refractivity contribution is 6.25. The summed E-state index contributed by atoms with van der Waals surface area (Å²) in [6.07, 6.45) is -0.291. The van der Waals surface area contributed by atoms with Crippen molar-refractivity contribution in [2.24, 2.45) is 5.92 Å². The summed E-state index contributed by atoms with van der Waals surface area (Å²) in [6.45, 7) is 3.14. The van der Waals surface area contributed by atoms with Crippen molar-refractivity contribution >= 4 is 35.1 Å². The number of esters is 1. The molecule has 8 heteroatoms. The number of anilines is 2. The molecule has 226 valence electrons. The second-order valence-electron chi connectivity index (χ2n) is 11.9. The highest BCUT2D eigenvalue weighted by atomic mass is 16.5. The Hall–Kier alpha value is -5.08. The zero-order valence-electron chi connectivity index (χ0n) is 25.0. The van der Waals surface area contributed by atoms with Gasteiger partial charge in [0.2, 0.25) is 17.7 Å². The third kappa shape index (κ3) is 3.63. The lowest BCUT2D eigenvalue weighted by atomic mass is 9.60. The van der Waals surface area contributed by atoms with E-state index in [4.69, 9.17) is 4.74 Å². The lowest BCUT2D eigenvalue weighted by molar-refractivity contribution is -0.160. The van der Waals surface area contributed by atoms with Gasteiger partial charge in [0, 0.05) is 19.0 Å². The molecule has 45 heavy (non-hydrogen) atoms. The second kappa shape index (κ2) is 10.2. The van der Waals surface area contributed by atoms with Gasteiger partial charge >= 0.3 is 5.97 Å². The van der Waals surface area contributed by atoms with Gasteiger partial charge < -0.3 is 14.7 Å². The number of rotatable bonds is 5. The fourth-order valence-corrected chi connectivity index (χ4v) is 8.22. The van der Waals surface area contributed by atoms with Crippen molar-refractivity contribution in [2.45, 2.75) is 43.2 Å². The van der Waals surface area contributed by atoms with E-state index in [0.717, 1.165) is 10.5 Å². The Morgan fingerprint density at radius 3 is 2.02 bits per heavy atom. The van der Waals surface area contributed by atoms with Crippen LogP contribution in [0.5, 0.6) is 0 Å². The molecule has 1 aliphatic carbocycles. The molecule has 2 heterocycles. The molecule has 1 N–H and O–H groups in total. The van der Waals surface area contributed by atoms with E-state index in [-0.39, 0.29) is 25.3 Å². The Bertz CT molecular complexity index is 1860. The van der Waals surface area contributed by atoms with E-state index >= 15 is 9.59 Å². The molecule has 0 bridgehead atoms. The maximum atomic E-state index is 15.2. The maximum Gasteiger partial charge on any atom is 0.311 e. The number of carbonyl (C=O) groups excluding carboxylic acids is 4. The standard InChI is InChI=1S/C37H32N2O6/c1-3-45-32(41)31-35(27-18-10-12-20-29(27)38(33(35)42)22-25-14-6-4-7-15-25)23-36(44,26-16-8-5-9-17-26)37(31)28-19-11-13-21-30(28)39(24(2)40)34(37)43/h4-21,31,44H,3,22-23H2,1-2H3/t31-,35-,36+,37+/m1/s1. The predicted octanol–water partition coefficient (Wildman–Crippen LogP) is 4.77. The van der Waals surface area contributed by atoms with Gasteiger partial charge in [-0.25, -0.2) is 4.90 Å². The average molecular weight is 601 g/mol. The van der Waals surface area contributed by atoms with E-state index in [2.05, 4.69) is 0 Å². The number of aliphatic hydroxyl groups is 1. The van der Waals surface area contributed by atoms with Crippen molar-refractivity contribution in [1.29, 1.82) is 0 Å². The number of fused-ring (bicyclic) bond motifs is 4. The first-order valence-electron chi connectivity index (χ1n) is 15.1. The molecule has 7 rings (SSSR count). The number of ether oxygens (including phenoxy) is 1. The van der Waals surface area contributed by atoms with Crippen molar-refractivity contribution < 1.29 is 29.0 Å². The van der Waals surface area contributed by atoms with Gasteiger partial charge in [-0.05, 0) is 41.3 Å². The minimum absolute atomic E-state index is 0.0128. The van der Waals surface area contributed by atoms with Gasteiger partial charge in [0.25, 0.3) is 0 Å². The van der Waals surface area contributed by atoms with Crippen LogP contribution in [-0.2, 0) is 46.9 Å². The second-order valence-corrected chi connectivity index (χ2v) is 11.9. The number of amides is 3. The molecule has 1 saturated carbocycles. The molecule has 4 aromatic carbocycles. The molecule has 2 aliphatic heterocycles. The highest BCUT2D eigenvalue weighted by Gasteiger charge is 2.83. The minimum Gasteiger partial charge on any atom is -0.466 e. The van der Waals surface area contributed by atoms with Crippen LogP contribution in [0.15, 0.2) is 109 Å². The van der Waals surface area contributed by atoms with E-state index in [1.54, 1.807) is 78.6 Å². The van der Waals surface area contributed by atoms with E-state index < -0.39 is 46.0 Å². The summed E-state index contributed by atoms with van der Waals surface area (Å²) < 4.78 is 5.73. The van der Waals surface area contributed by atoms with Crippen LogP contribution >= 0.6 is 0 Å². The van der Waals surface area contributed by atoms with Crippen LogP contribution in [-0.4, -0.2) is 35.4 Å². The number of carbonyl (C=O) groups is 4. The summed E-state index contributed by atoms with van der Waals surface area (Å²) in [7, 11) is 0. The van der Waals surface area contributed by atoms with Crippen LogP contribution in [0.4, 0.5) is 11.4 Å². The van der Waals surface area contributed by atoms with Crippen molar-refractivity contribution in [3.63, 3.8) is 0 Å². The van der Waals surface area contributed by atoms with Gasteiger partial charge in [-0.1, -0.05) is 97.1 Å². The predicted molar refractivity (Wildman–Crippen MR) is 167 cm³/mol. The van der Waals surface area contributed by atoms with Crippen molar-refractivity contribution in [2.75, 3.05) is 16.4 Å². The molecule has 3 amide bonds. The molecular weight excluding hydrogens is 568 g/mol. The van der Waals surface area contributed by atoms with Crippen molar-refractivity contribution in [3.8, 4) is 0 Å². The summed E-state index contributed by atoms with van der Waals surface area (Å²) in [5.74, 6) is -4.04. The van der Waals surface area contributed by atoms with Crippen LogP contribution < -0.4 is 9.80 Å². The summed E-state index contributed by atoms with van der Waals surface area (Å²) in [5, 5.41) is 13.3. The fraction of sp³-hybridized carbons (Fsp3) is 0.243. The molecule has 2 spiro atoms. The van der Waals surface area contributed by atoms with Crippen LogP contribution in [0, 0.1) is 5.92 Å². The Morgan fingerprint density at radius 2 is 1.38 bits per heavy atom. The average Bonchev–Trinajstić information content (AvgIpc) is 3.57. The Morgan fingerprint density at radius 1 is 0.800 bits per heavy atom. The molecule has 4 atom stereocenters. The molecule has 0 aromatic heterocycles. The first kappa shape index (κ1) is 28.7. The Labute approximate surface area is 260 Å². The summed E-state index contributed by atoms with van der Waals surface area (Å²) >= 11 is 0. The van der Waals surface area contributed by atoms with E-state index in [1.165, 1.54) is 6.92 Å². The monoisotopic (exact) mass is 600 g/mol. The normalized spacial score (nSPS) is 26.4. The molecule has 8 nitrogen and oxygen atoms in total. The number of imide groups is 1. The topological polar surface area (TPSA) is 104 Å². The van der Waals surface area contributed by atoms with Gasteiger partial charge in [-0.3, -0.25) is 19.2 Å². The summed E-state index contributed by atoms with van der Waals surface area (Å²) in [4.78, 5) is 60.7. The van der Waals surface area contributed by atoms with Crippen molar-refractivity contribution in [3.05, 3.63) is 131 Å². The van der Waals surface area contributed by atoms with Gasteiger partial charge in [-0.15, -0.1) is 0 Å². The fourth-order valence-electron chi connectivity index (χ4n) is 8.22. The van der Waals surface area contributed by atoms with E-state index in [1.807, 2.05) is 42.5 Å². The summed E-state index contributed by atoms with van der Waals surface area (Å²) in [5.41, 5.74) is -2.95. The van der Waals surface area contributed by atoms with Gasteiger partial charge in [0.05, 0.1) is 30.2 Å². The molecule has 4 aromatic rings. The van der Waals surface area contributed by atoms with Gasteiger partial charge in [-0.2, -0.15) is 0 Å². The van der Waals surface area contributed by atoms with E-state index in [9.17, 15) is 14.7 Å². The van der Waals surface area contributed by atoms with Crippen LogP contribution in [0.3, 0.4) is 0 Å². The molecule has 0 radical (unpaired) electrons. The van der Waals surface area contributed by atoms with Crippen LogP contribution in [0.25, 0.3) is 0 Å². The minimum atomic E-state index is -2.10. The number of nitrogens with zero attached hydrogens (tertiary/aromatic N) is 2. The highest BCUT2D eigenvalue weighted by Crippen LogP contribution is 2.71. The lowest BCUT2D eigenvalue weighted by Crippen LogP contribution is -2.59. The number of hydrogen-bond donors (Lipinski definition) is 1. The zero-order chi connectivity index (χ0) is 31.6. The zero-order valence-corrected chi connectivity index (χ0v) is 25.0. The third-order valence-electron chi connectivity index (χ3n) is 9.80. The van der Waals surface area contributed by atoms with Gasteiger partial charge in [0.15, 0.2) is 0 Å². The largest absolute Gasteiger partial charge is 0.466 e. The van der Waals surface area contributed by atoms with Crippen LogP contribution in [0.1, 0.15) is 42.5 Å². The lowest BCUT2D eigenvalue weighted by Gasteiger charge is -2.41. The molecule has 0 unspecified atom stereocenters. The Kier molecular flexibility index (Phi) is 6.53. The number of benzene rings is 4. The van der Waals surface area contributed by atoms with Crippen LogP contribution in [0.2, 0.25) is 0 Å². The molecule has 3 aliphatic rings. The Balaban J connectivity index is 1.58. The van der Waals surface area contributed by atoms with Crippen molar-refractivity contribution in [1.82, 2.24) is 0 Å². The maximum absolute atomic E-state index is 15.2. The molecule has 0 saturated heterocycles. The summed E-state index contributed by atoms with van der Waals surface area (Å²) in [6, 6.07) is 32.1.